The molecule has 0 radical (unpaired) electrons. The van der Waals surface area contributed by atoms with Crippen LogP contribution in [0.25, 0.3) is 27.6 Å². The highest BCUT2D eigenvalue weighted by atomic mass is 79.9. The zero-order chi connectivity index (χ0) is 21.9. The summed E-state index contributed by atoms with van der Waals surface area (Å²) < 4.78 is 2.37. The molecule has 1 N–H and O–H groups in total. The lowest BCUT2D eigenvalue weighted by Gasteiger charge is -1.99. The summed E-state index contributed by atoms with van der Waals surface area (Å²) in [6.07, 6.45) is 0. The minimum atomic E-state index is -0.307. The molecule has 0 spiro atoms. The van der Waals surface area contributed by atoms with E-state index in [2.05, 4.69) is 36.2 Å². The van der Waals surface area contributed by atoms with Crippen LogP contribution in [-0.4, -0.2) is 14.8 Å². The Bertz CT molecular complexity index is 1440. The highest BCUT2D eigenvalue weighted by Gasteiger charge is 2.19. The SMILES string of the molecule is O=c1c(N=Nc2ccc(Br)cc2)c(-c2ccccc2)[nH]n1-c1nc(-c2ccccc2)cs1. The molecule has 0 aliphatic rings. The van der Waals surface area contributed by atoms with Crippen molar-refractivity contribution < 1.29 is 0 Å². The summed E-state index contributed by atoms with van der Waals surface area (Å²) in [5, 5.41) is 14.2. The van der Waals surface area contributed by atoms with Gasteiger partial charge in [-0.05, 0) is 24.3 Å². The second-order valence-electron chi connectivity index (χ2n) is 6.90. The lowest BCUT2D eigenvalue weighted by atomic mass is 10.1. The zero-order valence-electron chi connectivity index (χ0n) is 16.6. The van der Waals surface area contributed by atoms with Gasteiger partial charge in [0.25, 0.3) is 0 Å². The van der Waals surface area contributed by atoms with E-state index in [0.29, 0.717) is 16.5 Å². The Labute approximate surface area is 196 Å². The van der Waals surface area contributed by atoms with Gasteiger partial charge in [0.05, 0.1) is 17.1 Å². The average molecular weight is 502 g/mol. The van der Waals surface area contributed by atoms with Crippen molar-refractivity contribution in [2.45, 2.75) is 0 Å². The van der Waals surface area contributed by atoms with Crippen molar-refractivity contribution in [3.63, 3.8) is 0 Å². The van der Waals surface area contributed by atoms with E-state index in [4.69, 9.17) is 0 Å². The van der Waals surface area contributed by atoms with Crippen LogP contribution in [0.5, 0.6) is 0 Å². The van der Waals surface area contributed by atoms with Crippen LogP contribution in [0, 0.1) is 0 Å². The summed E-state index contributed by atoms with van der Waals surface area (Å²) in [6, 6.07) is 26.9. The van der Waals surface area contributed by atoms with Gasteiger partial charge in [0.15, 0.2) is 5.69 Å². The Morgan fingerprint density at radius 3 is 2.19 bits per heavy atom. The summed E-state index contributed by atoms with van der Waals surface area (Å²) >= 11 is 4.79. The van der Waals surface area contributed by atoms with E-state index in [1.807, 2.05) is 90.3 Å². The van der Waals surface area contributed by atoms with Crippen LogP contribution in [-0.2, 0) is 0 Å². The smallest absolute Gasteiger partial charge is 0.286 e. The van der Waals surface area contributed by atoms with Crippen molar-refractivity contribution in [3.05, 3.63) is 105 Å². The maximum absolute atomic E-state index is 13.3. The van der Waals surface area contributed by atoms with Gasteiger partial charge in [-0.25, -0.2) is 4.98 Å². The van der Waals surface area contributed by atoms with Gasteiger partial charge in [-0.2, -0.15) is 9.80 Å². The molecule has 6 nitrogen and oxygen atoms in total. The summed E-state index contributed by atoms with van der Waals surface area (Å²) in [7, 11) is 0. The van der Waals surface area contributed by atoms with Crippen LogP contribution in [0.1, 0.15) is 0 Å². The predicted octanol–water partition coefficient (Wildman–Crippen LogP) is 7.13. The fraction of sp³-hybridized carbons (Fsp3) is 0. The molecule has 0 saturated heterocycles. The minimum Gasteiger partial charge on any atom is -0.286 e. The second kappa shape index (κ2) is 8.86. The van der Waals surface area contributed by atoms with Crippen molar-refractivity contribution in [2.24, 2.45) is 10.2 Å². The normalized spacial score (nSPS) is 11.3. The number of nitrogens with zero attached hydrogens (tertiary/aromatic N) is 4. The topological polar surface area (TPSA) is 75.4 Å². The molecular weight excluding hydrogens is 486 g/mol. The van der Waals surface area contributed by atoms with Gasteiger partial charge in [-0.1, -0.05) is 76.6 Å². The van der Waals surface area contributed by atoms with Gasteiger partial charge >= 0.3 is 5.56 Å². The number of hydrogen-bond acceptors (Lipinski definition) is 5. The molecule has 0 aliphatic carbocycles. The lowest BCUT2D eigenvalue weighted by Crippen LogP contribution is -2.13. The maximum atomic E-state index is 13.3. The second-order valence-corrected chi connectivity index (χ2v) is 8.65. The molecule has 2 heterocycles. The van der Waals surface area contributed by atoms with E-state index < -0.39 is 0 Å². The van der Waals surface area contributed by atoms with Gasteiger partial charge in [-0.15, -0.1) is 16.5 Å². The van der Waals surface area contributed by atoms with Crippen LogP contribution in [0.2, 0.25) is 0 Å². The van der Waals surface area contributed by atoms with E-state index in [1.165, 1.54) is 16.0 Å². The summed E-state index contributed by atoms with van der Waals surface area (Å²) in [5.74, 6) is 0. The van der Waals surface area contributed by atoms with E-state index in [9.17, 15) is 4.79 Å². The molecule has 5 aromatic rings. The van der Waals surface area contributed by atoms with Crippen LogP contribution in [0.15, 0.2) is 110 Å². The van der Waals surface area contributed by atoms with E-state index in [1.54, 1.807) is 0 Å². The van der Waals surface area contributed by atoms with Crippen LogP contribution < -0.4 is 5.56 Å². The van der Waals surface area contributed by atoms with Crippen molar-refractivity contribution in [2.75, 3.05) is 0 Å². The molecule has 0 unspecified atom stereocenters. The van der Waals surface area contributed by atoms with Crippen LogP contribution in [0.3, 0.4) is 0 Å². The number of rotatable bonds is 5. The highest BCUT2D eigenvalue weighted by Crippen LogP contribution is 2.30. The zero-order valence-corrected chi connectivity index (χ0v) is 19.0. The van der Waals surface area contributed by atoms with Gasteiger partial charge in [0.1, 0.15) is 0 Å². The standard InChI is InChI=1S/C24H16BrN5OS/c25-18-11-13-19(14-12-18)27-28-22-21(17-9-5-2-6-10-17)29-30(23(22)31)24-26-20(15-32-24)16-7-3-1-4-8-16/h1-15,29H. The van der Waals surface area contributed by atoms with E-state index in [0.717, 1.165) is 21.3 Å². The highest BCUT2D eigenvalue weighted by molar-refractivity contribution is 9.10. The molecule has 156 valence electrons. The Morgan fingerprint density at radius 1 is 0.844 bits per heavy atom. The largest absolute Gasteiger partial charge is 0.301 e. The number of hydrogen-bond donors (Lipinski definition) is 1. The van der Waals surface area contributed by atoms with Crippen molar-refractivity contribution >= 4 is 38.6 Å². The Morgan fingerprint density at radius 2 is 1.50 bits per heavy atom. The molecule has 5 rings (SSSR count). The van der Waals surface area contributed by atoms with Gasteiger partial charge in [0, 0.05) is 21.0 Å². The molecule has 0 atom stereocenters. The number of aromatic amines is 1. The van der Waals surface area contributed by atoms with Crippen LogP contribution >= 0.6 is 27.3 Å². The number of H-pyrrole nitrogens is 1. The Balaban J connectivity index is 1.60. The minimum absolute atomic E-state index is 0.232. The third-order valence-corrected chi connectivity index (χ3v) is 6.13. The molecule has 32 heavy (non-hydrogen) atoms. The number of halogens is 1. The number of benzene rings is 3. The molecular formula is C24H16BrN5OS. The lowest BCUT2D eigenvalue weighted by molar-refractivity contribution is 0.843. The molecule has 2 aromatic heterocycles. The maximum Gasteiger partial charge on any atom is 0.301 e. The Kier molecular flexibility index (Phi) is 5.62. The van der Waals surface area contributed by atoms with Crippen molar-refractivity contribution in [1.82, 2.24) is 14.8 Å². The number of azo groups is 1. The molecule has 0 amide bonds. The van der Waals surface area contributed by atoms with E-state index >= 15 is 0 Å². The first-order chi connectivity index (χ1) is 15.7. The van der Waals surface area contributed by atoms with Gasteiger partial charge in [0.2, 0.25) is 5.13 Å². The van der Waals surface area contributed by atoms with Gasteiger partial charge < -0.3 is 0 Å². The molecule has 8 heteroatoms. The third-order valence-electron chi connectivity index (χ3n) is 4.77. The monoisotopic (exact) mass is 501 g/mol. The number of aromatic nitrogens is 3. The molecule has 0 aliphatic heterocycles. The summed E-state index contributed by atoms with van der Waals surface area (Å²) in [4.78, 5) is 18.0. The first-order valence-corrected chi connectivity index (χ1v) is 11.5. The molecule has 0 saturated carbocycles. The Hall–Kier alpha value is -3.62. The van der Waals surface area contributed by atoms with E-state index in [-0.39, 0.29) is 11.2 Å². The first kappa shape index (κ1) is 20.3. The average Bonchev–Trinajstić information content (AvgIpc) is 3.45. The fourth-order valence-corrected chi connectivity index (χ4v) is 4.24. The molecule has 3 aromatic carbocycles. The summed E-state index contributed by atoms with van der Waals surface area (Å²) in [6.45, 7) is 0. The van der Waals surface area contributed by atoms with Crippen molar-refractivity contribution in [1.29, 1.82) is 0 Å². The predicted molar refractivity (Wildman–Crippen MR) is 131 cm³/mol. The molecule has 0 fully saturated rings. The number of thiazole rings is 1. The number of nitrogens with one attached hydrogen (secondary N) is 1. The van der Waals surface area contributed by atoms with Crippen molar-refractivity contribution in [3.8, 4) is 27.6 Å². The third kappa shape index (κ3) is 4.10. The quantitative estimate of drug-likeness (QED) is 0.260. The first-order valence-electron chi connectivity index (χ1n) is 9.78. The summed E-state index contributed by atoms with van der Waals surface area (Å²) in [5.41, 5.74) is 3.81. The molecule has 0 bridgehead atoms. The van der Waals surface area contributed by atoms with Gasteiger partial charge in [-0.3, -0.25) is 9.89 Å². The van der Waals surface area contributed by atoms with Crippen LogP contribution in [0.4, 0.5) is 11.4 Å². The fourth-order valence-electron chi connectivity index (χ4n) is 3.19.